The molecule has 0 bridgehead atoms. The highest BCUT2D eigenvalue weighted by Gasteiger charge is 2.13. The summed E-state index contributed by atoms with van der Waals surface area (Å²) in [5.74, 6) is 6.84. The van der Waals surface area contributed by atoms with Gasteiger partial charge in [-0.15, -0.1) is 0 Å². The molecule has 0 saturated heterocycles. The number of aryl methyl sites for hydroxylation is 3. The van der Waals surface area contributed by atoms with E-state index >= 15 is 0 Å². The topological polar surface area (TPSA) is 56.3 Å². The van der Waals surface area contributed by atoms with Crippen molar-refractivity contribution in [1.29, 1.82) is 0 Å². The van der Waals surface area contributed by atoms with Gasteiger partial charge in [-0.3, -0.25) is 4.68 Å². The summed E-state index contributed by atoms with van der Waals surface area (Å²) in [6, 6.07) is 12.3. The van der Waals surface area contributed by atoms with E-state index in [1.54, 1.807) is 5.01 Å². The molecule has 5 nitrogen and oxygen atoms in total. The number of aromatic nitrogens is 2. The molecule has 2 N–H and O–H groups in total. The van der Waals surface area contributed by atoms with Gasteiger partial charge in [0.2, 0.25) is 0 Å². The minimum Gasteiger partial charge on any atom is -0.489 e. The monoisotopic (exact) mass is 364 g/mol. The molecule has 0 aliphatic heterocycles. The second kappa shape index (κ2) is 7.45. The Hall–Kier alpha value is -2.79. The van der Waals surface area contributed by atoms with Gasteiger partial charge >= 0.3 is 0 Å². The lowest BCUT2D eigenvalue weighted by Gasteiger charge is -2.19. The predicted octanol–water partition coefficient (Wildman–Crippen LogP) is 4.21. The van der Waals surface area contributed by atoms with Crippen molar-refractivity contribution in [3.8, 4) is 17.0 Å². The van der Waals surface area contributed by atoms with Gasteiger partial charge in [0.05, 0.1) is 11.4 Å². The second-order valence-electron chi connectivity index (χ2n) is 7.14. The lowest BCUT2D eigenvalue weighted by molar-refractivity contribution is 0.303. The zero-order chi connectivity index (χ0) is 19.7. The Kier molecular flexibility index (Phi) is 5.24. The fourth-order valence-corrected chi connectivity index (χ4v) is 3.30. The van der Waals surface area contributed by atoms with Gasteiger partial charge in [-0.05, 0) is 68.7 Å². The number of rotatable bonds is 5. The summed E-state index contributed by atoms with van der Waals surface area (Å²) in [4.78, 5) is 0. The van der Waals surface area contributed by atoms with Crippen molar-refractivity contribution in [2.75, 3.05) is 12.1 Å². The van der Waals surface area contributed by atoms with Crippen molar-refractivity contribution in [2.24, 2.45) is 12.9 Å². The maximum atomic E-state index is 6.14. The molecular weight excluding hydrogens is 336 g/mol. The van der Waals surface area contributed by atoms with Crippen LogP contribution in [0.2, 0.25) is 0 Å². The standard InChI is InChI=1S/C22H28N4O/c1-14-8-7-9-20(25(5)23)19(14)13-27-21-11-10-18(12-15(21)2)22-16(3)17(4)26(6)24-22/h7-12H,13,23H2,1-6H3. The highest BCUT2D eigenvalue weighted by molar-refractivity contribution is 5.66. The Bertz CT molecular complexity index is 973. The molecule has 0 spiro atoms. The molecule has 0 aliphatic rings. The third-order valence-corrected chi connectivity index (χ3v) is 5.22. The Balaban J connectivity index is 1.85. The molecule has 0 atom stereocenters. The van der Waals surface area contributed by atoms with E-state index in [-0.39, 0.29) is 0 Å². The van der Waals surface area contributed by atoms with Gasteiger partial charge in [0.25, 0.3) is 0 Å². The van der Waals surface area contributed by atoms with Crippen LogP contribution in [0.1, 0.15) is 27.9 Å². The van der Waals surface area contributed by atoms with Crippen LogP contribution in [-0.2, 0) is 13.7 Å². The van der Waals surface area contributed by atoms with E-state index in [4.69, 9.17) is 10.6 Å². The van der Waals surface area contributed by atoms with Gasteiger partial charge in [0.1, 0.15) is 12.4 Å². The third kappa shape index (κ3) is 3.69. The van der Waals surface area contributed by atoms with Crippen LogP contribution in [0, 0.1) is 27.7 Å². The molecular formula is C22H28N4O. The average Bonchev–Trinajstić information content (AvgIpc) is 2.88. The number of hydrazine groups is 1. The fraction of sp³-hybridized carbons (Fsp3) is 0.318. The predicted molar refractivity (Wildman–Crippen MR) is 111 cm³/mol. The van der Waals surface area contributed by atoms with Gasteiger partial charge in [-0.2, -0.15) is 5.10 Å². The quantitative estimate of drug-likeness (QED) is 0.544. The van der Waals surface area contributed by atoms with Crippen LogP contribution in [0.25, 0.3) is 11.3 Å². The number of hydrogen-bond donors (Lipinski definition) is 1. The third-order valence-electron chi connectivity index (χ3n) is 5.22. The Labute approximate surface area is 161 Å². The second-order valence-corrected chi connectivity index (χ2v) is 7.14. The smallest absolute Gasteiger partial charge is 0.122 e. The number of ether oxygens (including phenoxy) is 1. The first-order chi connectivity index (χ1) is 12.8. The van der Waals surface area contributed by atoms with E-state index in [9.17, 15) is 0 Å². The van der Waals surface area contributed by atoms with E-state index in [0.717, 1.165) is 33.8 Å². The van der Waals surface area contributed by atoms with Crippen LogP contribution >= 0.6 is 0 Å². The number of anilines is 1. The van der Waals surface area contributed by atoms with Gasteiger partial charge in [0, 0.05) is 30.9 Å². The first-order valence-electron chi connectivity index (χ1n) is 9.10. The summed E-state index contributed by atoms with van der Waals surface area (Å²) in [6.07, 6.45) is 0. The lowest BCUT2D eigenvalue weighted by atomic mass is 10.0. The van der Waals surface area contributed by atoms with Gasteiger partial charge in [-0.25, -0.2) is 5.84 Å². The molecule has 0 unspecified atom stereocenters. The molecule has 142 valence electrons. The van der Waals surface area contributed by atoms with Crippen molar-refractivity contribution < 1.29 is 4.74 Å². The molecule has 3 aromatic rings. The zero-order valence-corrected chi connectivity index (χ0v) is 17.0. The summed E-state index contributed by atoms with van der Waals surface area (Å²) in [7, 11) is 3.82. The van der Waals surface area contributed by atoms with Crippen LogP contribution in [0.15, 0.2) is 36.4 Å². The Morgan fingerprint density at radius 1 is 1.07 bits per heavy atom. The number of nitrogens with two attached hydrogens (primary N) is 1. The number of benzene rings is 2. The molecule has 0 radical (unpaired) electrons. The molecule has 5 heteroatoms. The molecule has 0 saturated carbocycles. The zero-order valence-electron chi connectivity index (χ0n) is 17.0. The van der Waals surface area contributed by atoms with Crippen molar-refractivity contribution in [2.45, 2.75) is 34.3 Å². The summed E-state index contributed by atoms with van der Waals surface area (Å²) >= 11 is 0. The van der Waals surface area contributed by atoms with Crippen LogP contribution in [0.3, 0.4) is 0 Å². The molecule has 0 fully saturated rings. The van der Waals surface area contributed by atoms with Crippen molar-refractivity contribution in [3.05, 3.63) is 64.3 Å². The maximum absolute atomic E-state index is 6.14. The van der Waals surface area contributed by atoms with Crippen molar-refractivity contribution in [1.82, 2.24) is 9.78 Å². The van der Waals surface area contributed by atoms with E-state index in [0.29, 0.717) is 6.61 Å². The van der Waals surface area contributed by atoms with E-state index in [1.165, 1.54) is 16.8 Å². The lowest BCUT2D eigenvalue weighted by Crippen LogP contribution is -2.26. The first kappa shape index (κ1) is 19.0. The highest BCUT2D eigenvalue weighted by Crippen LogP contribution is 2.30. The molecule has 0 amide bonds. The summed E-state index contributed by atoms with van der Waals surface area (Å²) in [5.41, 5.74) is 8.85. The molecule has 3 rings (SSSR count). The normalized spacial score (nSPS) is 10.9. The van der Waals surface area contributed by atoms with Crippen LogP contribution < -0.4 is 15.6 Å². The first-order valence-corrected chi connectivity index (χ1v) is 9.10. The molecule has 27 heavy (non-hydrogen) atoms. The minimum atomic E-state index is 0.478. The van der Waals surface area contributed by atoms with Gasteiger partial charge in [0.15, 0.2) is 0 Å². The van der Waals surface area contributed by atoms with E-state index in [2.05, 4.69) is 51.0 Å². The van der Waals surface area contributed by atoms with Gasteiger partial charge < -0.3 is 9.75 Å². The largest absolute Gasteiger partial charge is 0.489 e. The molecule has 0 aliphatic carbocycles. The fourth-order valence-electron chi connectivity index (χ4n) is 3.30. The van der Waals surface area contributed by atoms with Crippen LogP contribution in [0.4, 0.5) is 5.69 Å². The number of nitrogens with zero attached hydrogens (tertiary/aromatic N) is 3. The Morgan fingerprint density at radius 3 is 2.41 bits per heavy atom. The van der Waals surface area contributed by atoms with E-state index < -0.39 is 0 Å². The summed E-state index contributed by atoms with van der Waals surface area (Å²) < 4.78 is 8.06. The van der Waals surface area contributed by atoms with Crippen LogP contribution in [-0.4, -0.2) is 16.8 Å². The van der Waals surface area contributed by atoms with Gasteiger partial charge in [-0.1, -0.05) is 12.1 Å². The Morgan fingerprint density at radius 2 is 1.81 bits per heavy atom. The average molecular weight is 364 g/mol. The molecule has 1 heterocycles. The van der Waals surface area contributed by atoms with Crippen molar-refractivity contribution >= 4 is 5.69 Å². The minimum absolute atomic E-state index is 0.478. The highest BCUT2D eigenvalue weighted by atomic mass is 16.5. The maximum Gasteiger partial charge on any atom is 0.122 e. The van der Waals surface area contributed by atoms with Crippen LogP contribution in [0.5, 0.6) is 5.75 Å². The number of hydrogen-bond acceptors (Lipinski definition) is 4. The van der Waals surface area contributed by atoms with E-state index in [1.807, 2.05) is 37.0 Å². The summed E-state index contributed by atoms with van der Waals surface area (Å²) in [6.45, 7) is 8.82. The SMILES string of the molecule is Cc1cc(-c2nn(C)c(C)c2C)ccc1OCc1c(C)cccc1N(C)N. The molecule has 1 aromatic heterocycles. The molecule has 2 aromatic carbocycles. The van der Waals surface area contributed by atoms with Crippen molar-refractivity contribution in [3.63, 3.8) is 0 Å². The summed E-state index contributed by atoms with van der Waals surface area (Å²) in [5, 5.41) is 6.28.